The summed E-state index contributed by atoms with van der Waals surface area (Å²) in [5.74, 6) is -1.74. The number of benzene rings is 2. The summed E-state index contributed by atoms with van der Waals surface area (Å²) in [7, 11) is 0. The number of para-hydroxylation sites is 1. The molecule has 104 valence electrons. The molecule has 1 atom stereocenters. The molecule has 0 aliphatic heterocycles. The topological polar surface area (TPSA) is 55.1 Å². The Kier molecular flexibility index (Phi) is 3.70. The first kappa shape index (κ1) is 14.0. The van der Waals surface area contributed by atoms with Gasteiger partial charge in [0.15, 0.2) is 0 Å². The van der Waals surface area contributed by atoms with Crippen LogP contribution in [0.1, 0.15) is 12.5 Å². The van der Waals surface area contributed by atoms with E-state index in [0.29, 0.717) is 5.56 Å². The Morgan fingerprint density at radius 1 is 1.15 bits per heavy atom. The second kappa shape index (κ2) is 5.28. The highest BCUT2D eigenvalue weighted by Gasteiger charge is 2.34. The zero-order chi connectivity index (χ0) is 14.8. The molecule has 0 heterocycles. The van der Waals surface area contributed by atoms with Gasteiger partial charge in [0.25, 0.3) is 0 Å². The predicted octanol–water partition coefficient (Wildman–Crippen LogP) is 2.78. The van der Waals surface area contributed by atoms with E-state index in [-0.39, 0.29) is 5.69 Å². The van der Waals surface area contributed by atoms with Gasteiger partial charge in [0.2, 0.25) is 5.91 Å². The Balaban J connectivity index is 2.46. The molecule has 2 aromatic carbocycles. The molecule has 2 aromatic rings. The van der Waals surface area contributed by atoms with Gasteiger partial charge in [0.05, 0.1) is 5.69 Å². The van der Waals surface area contributed by atoms with Gasteiger partial charge in [0.1, 0.15) is 17.2 Å². The normalized spacial score (nSPS) is 13.6. The van der Waals surface area contributed by atoms with Gasteiger partial charge >= 0.3 is 0 Å². The van der Waals surface area contributed by atoms with Crippen LogP contribution in [0.15, 0.2) is 48.5 Å². The van der Waals surface area contributed by atoms with Crippen LogP contribution in [0.3, 0.4) is 0 Å². The molecule has 0 aliphatic carbocycles. The molecule has 0 spiro atoms. The van der Waals surface area contributed by atoms with Crippen molar-refractivity contribution in [1.82, 2.24) is 0 Å². The number of halogens is 2. The second-order valence-corrected chi connectivity index (χ2v) is 4.60. The van der Waals surface area contributed by atoms with Gasteiger partial charge in [0, 0.05) is 0 Å². The molecule has 5 heteroatoms. The third-order valence-corrected chi connectivity index (χ3v) is 3.15. The summed E-state index contributed by atoms with van der Waals surface area (Å²) < 4.78 is 27.0. The maximum atomic E-state index is 13.7. The fourth-order valence-corrected chi connectivity index (χ4v) is 1.91. The predicted molar refractivity (Wildman–Crippen MR) is 73.0 cm³/mol. The van der Waals surface area contributed by atoms with E-state index in [1.165, 1.54) is 43.3 Å². The number of rotatable bonds is 4. The van der Waals surface area contributed by atoms with Crippen LogP contribution < -0.4 is 11.1 Å². The van der Waals surface area contributed by atoms with Crippen molar-refractivity contribution in [3.05, 3.63) is 65.7 Å². The molecule has 3 N–H and O–H groups in total. The molecule has 2 rings (SSSR count). The van der Waals surface area contributed by atoms with Crippen molar-refractivity contribution in [3.63, 3.8) is 0 Å². The smallest absolute Gasteiger partial charge is 0.247 e. The van der Waals surface area contributed by atoms with Crippen LogP contribution in [0.4, 0.5) is 14.5 Å². The number of primary amides is 1. The minimum Gasteiger partial charge on any atom is -0.367 e. The molecule has 0 aliphatic rings. The first-order valence-electron chi connectivity index (χ1n) is 6.02. The summed E-state index contributed by atoms with van der Waals surface area (Å²) in [5.41, 5.74) is 4.44. The molecular weight excluding hydrogens is 262 g/mol. The number of hydrogen-bond donors (Lipinski definition) is 2. The Hall–Kier alpha value is -2.43. The van der Waals surface area contributed by atoms with E-state index in [4.69, 9.17) is 5.73 Å². The molecular formula is C15H14F2N2O. The van der Waals surface area contributed by atoms with Crippen molar-refractivity contribution in [2.24, 2.45) is 5.73 Å². The second-order valence-electron chi connectivity index (χ2n) is 4.60. The third kappa shape index (κ3) is 2.61. The molecule has 3 nitrogen and oxygen atoms in total. The molecule has 0 bridgehead atoms. The average molecular weight is 276 g/mol. The van der Waals surface area contributed by atoms with E-state index in [1.807, 2.05) is 0 Å². The first-order valence-corrected chi connectivity index (χ1v) is 6.02. The van der Waals surface area contributed by atoms with E-state index in [0.717, 1.165) is 0 Å². The summed E-state index contributed by atoms with van der Waals surface area (Å²) in [6, 6.07) is 11.4. The highest BCUT2D eigenvalue weighted by Crippen LogP contribution is 2.27. The molecule has 0 fully saturated rings. The summed E-state index contributed by atoms with van der Waals surface area (Å²) >= 11 is 0. The molecule has 0 saturated carbocycles. The number of hydrogen-bond acceptors (Lipinski definition) is 2. The average Bonchev–Trinajstić information content (AvgIpc) is 2.41. The van der Waals surface area contributed by atoms with Gasteiger partial charge in [-0.1, -0.05) is 24.3 Å². The van der Waals surface area contributed by atoms with Crippen molar-refractivity contribution in [3.8, 4) is 0 Å². The van der Waals surface area contributed by atoms with E-state index >= 15 is 0 Å². The van der Waals surface area contributed by atoms with Gasteiger partial charge in [-0.2, -0.15) is 0 Å². The number of nitrogens with two attached hydrogens (primary N) is 1. The highest BCUT2D eigenvalue weighted by molar-refractivity contribution is 5.89. The highest BCUT2D eigenvalue weighted by atomic mass is 19.1. The van der Waals surface area contributed by atoms with E-state index in [1.54, 1.807) is 12.1 Å². The Morgan fingerprint density at radius 3 is 2.45 bits per heavy atom. The summed E-state index contributed by atoms with van der Waals surface area (Å²) in [6.45, 7) is 1.48. The molecule has 1 amide bonds. The Morgan fingerprint density at radius 2 is 1.85 bits per heavy atom. The fraction of sp³-hybridized carbons (Fsp3) is 0.133. The molecule has 1 unspecified atom stereocenters. The summed E-state index contributed by atoms with van der Waals surface area (Å²) in [6.07, 6.45) is 0. The van der Waals surface area contributed by atoms with E-state index in [9.17, 15) is 13.6 Å². The van der Waals surface area contributed by atoms with Gasteiger partial charge in [-0.3, -0.25) is 4.79 Å². The quantitative estimate of drug-likeness (QED) is 0.902. The van der Waals surface area contributed by atoms with Crippen molar-refractivity contribution < 1.29 is 13.6 Å². The summed E-state index contributed by atoms with van der Waals surface area (Å²) in [4.78, 5) is 11.8. The van der Waals surface area contributed by atoms with Crippen LogP contribution in [0.25, 0.3) is 0 Å². The number of nitrogens with one attached hydrogen (secondary N) is 1. The SMILES string of the molecule is CC(Nc1ccccc1F)(C(N)=O)c1cccc(F)c1. The van der Waals surface area contributed by atoms with Crippen LogP contribution in [-0.2, 0) is 10.3 Å². The summed E-state index contributed by atoms with van der Waals surface area (Å²) in [5, 5.41) is 2.75. The van der Waals surface area contributed by atoms with Crippen LogP contribution in [0.5, 0.6) is 0 Å². The Labute approximate surface area is 115 Å². The largest absolute Gasteiger partial charge is 0.367 e. The molecule has 0 aromatic heterocycles. The lowest BCUT2D eigenvalue weighted by atomic mass is 9.90. The molecule has 0 saturated heterocycles. The standard InChI is InChI=1S/C15H14F2N2O/c1-15(14(18)20,10-5-4-6-11(16)9-10)19-13-8-3-2-7-12(13)17/h2-9,19H,1H3,(H2,18,20). The maximum absolute atomic E-state index is 13.7. The zero-order valence-electron chi connectivity index (χ0n) is 10.9. The Bertz CT molecular complexity index is 645. The van der Waals surface area contributed by atoms with Crippen molar-refractivity contribution in [1.29, 1.82) is 0 Å². The minimum atomic E-state index is -1.41. The number of carbonyl (C=O) groups is 1. The van der Waals surface area contributed by atoms with E-state index in [2.05, 4.69) is 5.32 Å². The first-order chi connectivity index (χ1) is 9.43. The fourth-order valence-electron chi connectivity index (χ4n) is 1.91. The van der Waals surface area contributed by atoms with Crippen molar-refractivity contribution in [2.45, 2.75) is 12.5 Å². The zero-order valence-corrected chi connectivity index (χ0v) is 10.9. The van der Waals surface area contributed by atoms with Crippen LogP contribution in [-0.4, -0.2) is 5.91 Å². The van der Waals surface area contributed by atoms with Gasteiger partial charge in [-0.25, -0.2) is 8.78 Å². The van der Waals surface area contributed by atoms with Crippen molar-refractivity contribution in [2.75, 3.05) is 5.32 Å². The van der Waals surface area contributed by atoms with Crippen LogP contribution >= 0.6 is 0 Å². The molecule has 0 radical (unpaired) electrons. The van der Waals surface area contributed by atoms with Gasteiger partial charge in [-0.15, -0.1) is 0 Å². The van der Waals surface area contributed by atoms with Gasteiger partial charge < -0.3 is 11.1 Å². The number of amides is 1. The lowest BCUT2D eigenvalue weighted by molar-refractivity contribution is -0.122. The van der Waals surface area contributed by atoms with Crippen LogP contribution in [0, 0.1) is 11.6 Å². The third-order valence-electron chi connectivity index (χ3n) is 3.15. The molecule has 20 heavy (non-hydrogen) atoms. The lowest BCUT2D eigenvalue weighted by Gasteiger charge is -2.29. The number of anilines is 1. The number of carbonyl (C=O) groups excluding carboxylic acids is 1. The lowest BCUT2D eigenvalue weighted by Crippen LogP contribution is -2.45. The van der Waals surface area contributed by atoms with Crippen molar-refractivity contribution >= 4 is 11.6 Å². The minimum absolute atomic E-state index is 0.123. The maximum Gasteiger partial charge on any atom is 0.247 e. The van der Waals surface area contributed by atoms with Gasteiger partial charge in [-0.05, 0) is 36.8 Å². The van der Waals surface area contributed by atoms with Crippen LogP contribution in [0.2, 0.25) is 0 Å². The monoisotopic (exact) mass is 276 g/mol. The van der Waals surface area contributed by atoms with E-state index < -0.39 is 23.1 Å².